The van der Waals surface area contributed by atoms with Gasteiger partial charge in [-0.05, 0) is 23.8 Å². The van der Waals surface area contributed by atoms with Crippen LogP contribution in [0.3, 0.4) is 0 Å². The minimum absolute atomic E-state index is 0.544. The highest BCUT2D eigenvalue weighted by Crippen LogP contribution is 2.25. The first-order chi connectivity index (χ1) is 11.8. The molecule has 0 aliphatic carbocycles. The van der Waals surface area contributed by atoms with Gasteiger partial charge in [-0.2, -0.15) is 5.26 Å². The van der Waals surface area contributed by atoms with Crippen LogP contribution in [0.25, 0.3) is 22.2 Å². The number of para-hydroxylation sites is 2. The summed E-state index contributed by atoms with van der Waals surface area (Å²) in [7, 11) is 0. The van der Waals surface area contributed by atoms with E-state index in [0.717, 1.165) is 22.2 Å². The van der Waals surface area contributed by atoms with Gasteiger partial charge in [-0.25, -0.2) is 14.6 Å². The number of pyridine rings is 1. The van der Waals surface area contributed by atoms with Crippen molar-refractivity contribution < 1.29 is 0 Å². The molecule has 4 rings (SSSR count). The number of anilines is 1. The fourth-order valence-corrected chi connectivity index (χ4v) is 2.63. The Hall–Kier alpha value is -3.65. The summed E-state index contributed by atoms with van der Waals surface area (Å²) in [5.41, 5.74) is 7.46. The molecule has 1 N–H and O–H groups in total. The van der Waals surface area contributed by atoms with Crippen molar-refractivity contribution in [3.05, 3.63) is 78.8 Å². The molecule has 2 heterocycles. The highest BCUT2D eigenvalue weighted by Gasteiger charge is 2.08. The van der Waals surface area contributed by atoms with Gasteiger partial charge >= 0.3 is 0 Å². The summed E-state index contributed by atoms with van der Waals surface area (Å²) in [6.45, 7) is 0. The van der Waals surface area contributed by atoms with Gasteiger partial charge in [-0.3, -0.25) is 5.43 Å². The summed E-state index contributed by atoms with van der Waals surface area (Å²) in [5.74, 6) is 0.649. The maximum atomic E-state index is 9.34. The van der Waals surface area contributed by atoms with Crippen LogP contribution in [-0.4, -0.2) is 14.6 Å². The molecule has 0 amide bonds. The number of hydrogen-bond donors (Lipinski definition) is 1. The van der Waals surface area contributed by atoms with Crippen LogP contribution in [0.2, 0.25) is 0 Å². The van der Waals surface area contributed by atoms with E-state index in [9.17, 15) is 5.26 Å². The summed E-state index contributed by atoms with van der Waals surface area (Å²) in [6.07, 6.45) is 3.30. The van der Waals surface area contributed by atoms with Crippen molar-refractivity contribution in [2.24, 2.45) is 0 Å². The smallest absolute Gasteiger partial charge is 0.145 e. The van der Waals surface area contributed by atoms with E-state index in [-0.39, 0.29) is 0 Å². The van der Waals surface area contributed by atoms with Gasteiger partial charge in [0.2, 0.25) is 0 Å². The zero-order chi connectivity index (χ0) is 16.4. The van der Waals surface area contributed by atoms with Crippen molar-refractivity contribution >= 4 is 16.9 Å². The van der Waals surface area contributed by atoms with E-state index in [4.69, 9.17) is 0 Å². The van der Waals surface area contributed by atoms with Crippen LogP contribution in [0.5, 0.6) is 0 Å². The Labute approximate surface area is 138 Å². The molecule has 24 heavy (non-hydrogen) atoms. The summed E-state index contributed by atoms with van der Waals surface area (Å²) < 4.78 is 1.82. The van der Waals surface area contributed by atoms with E-state index in [1.54, 1.807) is 12.5 Å². The average molecular weight is 311 g/mol. The molecular formula is C19H13N5. The quantitative estimate of drug-likeness (QED) is 0.624. The number of imidazole rings is 1. The summed E-state index contributed by atoms with van der Waals surface area (Å²) in [5, 5.41) is 9.34. The Balaban J connectivity index is 1.76. The molecule has 0 fully saturated rings. The number of hydrogen-bond acceptors (Lipinski definition) is 4. The molecule has 0 radical (unpaired) electrons. The van der Waals surface area contributed by atoms with Gasteiger partial charge in [0.1, 0.15) is 18.2 Å². The molecule has 0 bridgehead atoms. The molecule has 2 aromatic carbocycles. The van der Waals surface area contributed by atoms with Gasteiger partial charge in [0.05, 0.1) is 16.6 Å². The van der Waals surface area contributed by atoms with Gasteiger partial charge in [0.25, 0.3) is 0 Å². The maximum Gasteiger partial charge on any atom is 0.145 e. The number of nitrogens with one attached hydrogen (secondary N) is 1. The highest BCUT2D eigenvalue weighted by molar-refractivity contribution is 5.76. The van der Waals surface area contributed by atoms with E-state index in [1.165, 1.54) is 0 Å². The third-order valence-corrected chi connectivity index (χ3v) is 3.80. The van der Waals surface area contributed by atoms with Crippen LogP contribution >= 0.6 is 0 Å². The van der Waals surface area contributed by atoms with Crippen molar-refractivity contribution in [3.63, 3.8) is 0 Å². The number of nitriles is 1. The topological polar surface area (TPSA) is 66.5 Å². The zero-order valence-electron chi connectivity index (χ0n) is 12.7. The Morgan fingerprint density at radius 3 is 2.58 bits per heavy atom. The lowest BCUT2D eigenvalue weighted by atomic mass is 10.0. The third kappa shape index (κ3) is 2.46. The van der Waals surface area contributed by atoms with Crippen molar-refractivity contribution in [1.82, 2.24) is 14.6 Å². The van der Waals surface area contributed by atoms with Crippen LogP contribution < -0.4 is 5.43 Å². The predicted molar refractivity (Wildman–Crippen MR) is 93.1 cm³/mol. The molecule has 2 aromatic heterocycles. The second-order valence-electron chi connectivity index (χ2n) is 5.31. The van der Waals surface area contributed by atoms with Gasteiger partial charge < -0.3 is 0 Å². The van der Waals surface area contributed by atoms with Crippen molar-refractivity contribution in [1.29, 1.82) is 5.26 Å². The number of fused-ring (bicyclic) bond motifs is 1. The van der Waals surface area contributed by atoms with E-state index in [0.29, 0.717) is 11.4 Å². The number of nitrogens with zero attached hydrogens (tertiary/aromatic N) is 4. The molecule has 5 nitrogen and oxygen atoms in total. The lowest BCUT2D eigenvalue weighted by Crippen LogP contribution is -2.09. The minimum Gasteiger partial charge on any atom is -0.276 e. The van der Waals surface area contributed by atoms with E-state index >= 15 is 0 Å². The van der Waals surface area contributed by atoms with Crippen LogP contribution in [0, 0.1) is 11.3 Å². The first-order valence-electron chi connectivity index (χ1n) is 7.50. The minimum atomic E-state index is 0.544. The third-order valence-electron chi connectivity index (χ3n) is 3.80. The fourth-order valence-electron chi connectivity index (χ4n) is 2.63. The first kappa shape index (κ1) is 14.0. The largest absolute Gasteiger partial charge is 0.276 e. The van der Waals surface area contributed by atoms with Crippen LogP contribution in [0.4, 0.5) is 5.82 Å². The van der Waals surface area contributed by atoms with Crippen LogP contribution in [0.15, 0.2) is 73.2 Å². The summed E-state index contributed by atoms with van der Waals surface area (Å²) in [6, 6.07) is 21.7. The Bertz CT molecular complexity index is 1040. The van der Waals surface area contributed by atoms with E-state index < -0.39 is 0 Å². The average Bonchev–Trinajstić information content (AvgIpc) is 3.05. The summed E-state index contributed by atoms with van der Waals surface area (Å²) >= 11 is 0. The van der Waals surface area contributed by atoms with Crippen LogP contribution in [-0.2, 0) is 0 Å². The molecule has 0 aliphatic heterocycles. The molecule has 0 unspecified atom stereocenters. The molecule has 0 spiro atoms. The van der Waals surface area contributed by atoms with Gasteiger partial charge in [0, 0.05) is 11.8 Å². The molecule has 4 aromatic rings. The lowest BCUT2D eigenvalue weighted by molar-refractivity contribution is 0.970. The number of benzene rings is 2. The Morgan fingerprint density at radius 1 is 0.958 bits per heavy atom. The molecular weight excluding hydrogens is 298 g/mol. The SMILES string of the molecule is N#Cc1cnc(Nn2cnc3ccccc32)cc1-c1ccccc1. The normalized spacial score (nSPS) is 10.5. The standard InChI is InChI=1S/C19H13N5/c20-11-15-12-21-19(10-16(15)14-6-2-1-3-7-14)23-24-13-22-17-8-4-5-9-18(17)24/h1-10,12-13H,(H,21,23). The maximum absolute atomic E-state index is 9.34. The molecule has 0 atom stereocenters. The van der Waals surface area contributed by atoms with Gasteiger partial charge in [0.15, 0.2) is 0 Å². The summed E-state index contributed by atoms with van der Waals surface area (Å²) in [4.78, 5) is 8.68. The van der Waals surface area contributed by atoms with Crippen molar-refractivity contribution in [2.45, 2.75) is 0 Å². The predicted octanol–water partition coefficient (Wildman–Crippen LogP) is 3.85. The molecule has 0 saturated carbocycles. The number of aromatic nitrogens is 3. The lowest BCUT2D eigenvalue weighted by Gasteiger charge is -2.10. The molecule has 0 saturated heterocycles. The molecule has 114 valence electrons. The number of rotatable bonds is 3. The molecule has 5 heteroatoms. The van der Waals surface area contributed by atoms with Crippen molar-refractivity contribution in [3.8, 4) is 17.2 Å². The Morgan fingerprint density at radius 2 is 1.75 bits per heavy atom. The highest BCUT2D eigenvalue weighted by atomic mass is 15.4. The van der Waals surface area contributed by atoms with Gasteiger partial charge in [-0.1, -0.05) is 42.5 Å². The van der Waals surface area contributed by atoms with Crippen LogP contribution in [0.1, 0.15) is 5.56 Å². The van der Waals surface area contributed by atoms with E-state index in [2.05, 4.69) is 21.5 Å². The molecule has 0 aliphatic rings. The zero-order valence-corrected chi connectivity index (χ0v) is 12.7. The first-order valence-corrected chi connectivity index (χ1v) is 7.50. The van der Waals surface area contributed by atoms with E-state index in [1.807, 2.05) is 65.3 Å². The fraction of sp³-hybridized carbons (Fsp3) is 0. The van der Waals surface area contributed by atoms with Crippen molar-refractivity contribution in [2.75, 3.05) is 5.43 Å². The van der Waals surface area contributed by atoms with Gasteiger partial charge in [-0.15, -0.1) is 0 Å². The second-order valence-corrected chi connectivity index (χ2v) is 5.31. The monoisotopic (exact) mass is 311 g/mol. The Kier molecular flexibility index (Phi) is 3.41. The second kappa shape index (κ2) is 5.86.